The van der Waals surface area contributed by atoms with E-state index in [-0.39, 0.29) is 11.9 Å². The fraction of sp³-hybridized carbons (Fsp3) is 0.357. The summed E-state index contributed by atoms with van der Waals surface area (Å²) in [5.74, 6) is -0.256. The molecule has 1 atom stereocenters. The molecule has 1 N–H and O–H groups in total. The van der Waals surface area contributed by atoms with E-state index in [1.54, 1.807) is 10.7 Å². The first-order valence-electron chi connectivity index (χ1n) is 6.14. The van der Waals surface area contributed by atoms with Gasteiger partial charge in [0.05, 0.1) is 22.1 Å². The molecule has 19 heavy (non-hydrogen) atoms. The number of hydrogen-bond acceptors (Lipinski definition) is 2. The van der Waals surface area contributed by atoms with Crippen LogP contribution in [-0.4, -0.2) is 16.8 Å². The van der Waals surface area contributed by atoms with Crippen LogP contribution in [0.1, 0.15) is 29.9 Å². The van der Waals surface area contributed by atoms with Crippen LogP contribution in [0.4, 0.5) is 4.39 Å². The average molecular weight is 282 g/mol. The van der Waals surface area contributed by atoms with Gasteiger partial charge in [-0.2, -0.15) is 5.10 Å². The molecule has 3 nitrogen and oxygen atoms in total. The molecule has 0 saturated carbocycles. The predicted molar refractivity (Wildman–Crippen MR) is 75.5 cm³/mol. The summed E-state index contributed by atoms with van der Waals surface area (Å²) in [7, 11) is 1.84. The van der Waals surface area contributed by atoms with Crippen LogP contribution in [0.3, 0.4) is 0 Å². The molecule has 1 aromatic carbocycles. The number of benzene rings is 1. The van der Waals surface area contributed by atoms with Gasteiger partial charge in [-0.25, -0.2) is 9.07 Å². The van der Waals surface area contributed by atoms with Gasteiger partial charge in [-0.3, -0.25) is 0 Å². The summed E-state index contributed by atoms with van der Waals surface area (Å²) in [5, 5.41) is 8.19. The average Bonchev–Trinajstić information content (AvgIpc) is 2.65. The predicted octanol–water partition coefficient (Wildman–Crippen LogP) is 3.56. The van der Waals surface area contributed by atoms with Gasteiger partial charge in [-0.15, -0.1) is 0 Å². The molecule has 0 spiro atoms. The number of hydrogen-bond donors (Lipinski definition) is 1. The maximum absolute atomic E-state index is 13.5. The van der Waals surface area contributed by atoms with Crippen molar-refractivity contribution in [2.45, 2.75) is 26.8 Å². The number of nitrogens with zero attached hydrogens (tertiary/aromatic N) is 2. The lowest BCUT2D eigenvalue weighted by Gasteiger charge is -2.17. The van der Waals surface area contributed by atoms with Gasteiger partial charge in [-0.05, 0) is 51.6 Å². The molecule has 0 aliphatic carbocycles. The van der Waals surface area contributed by atoms with Crippen molar-refractivity contribution in [3.63, 3.8) is 0 Å². The second-order valence-corrected chi connectivity index (χ2v) is 4.99. The fourth-order valence-electron chi connectivity index (χ4n) is 2.08. The van der Waals surface area contributed by atoms with E-state index in [4.69, 9.17) is 11.6 Å². The van der Waals surface area contributed by atoms with E-state index in [0.29, 0.717) is 5.02 Å². The summed E-state index contributed by atoms with van der Waals surface area (Å²) in [6.07, 6.45) is 0. The molecule has 0 amide bonds. The number of aryl methyl sites for hydroxylation is 1. The summed E-state index contributed by atoms with van der Waals surface area (Å²) >= 11 is 6.17. The summed E-state index contributed by atoms with van der Waals surface area (Å²) in [6, 6.07) is 4.72. The third-order valence-electron chi connectivity index (χ3n) is 3.32. The Balaban J connectivity index is 2.64. The summed E-state index contributed by atoms with van der Waals surface area (Å²) in [6.45, 7) is 5.74. The van der Waals surface area contributed by atoms with E-state index in [9.17, 15) is 4.39 Å². The van der Waals surface area contributed by atoms with Gasteiger partial charge in [0, 0.05) is 6.04 Å². The molecule has 1 heterocycles. The summed E-state index contributed by atoms with van der Waals surface area (Å²) in [4.78, 5) is 0. The topological polar surface area (TPSA) is 29.9 Å². The van der Waals surface area contributed by atoms with E-state index < -0.39 is 0 Å². The highest BCUT2D eigenvalue weighted by molar-refractivity contribution is 6.31. The van der Waals surface area contributed by atoms with Crippen LogP contribution < -0.4 is 5.32 Å². The number of nitrogens with one attached hydrogen (secondary N) is 1. The highest BCUT2D eigenvalue weighted by Gasteiger charge is 2.16. The standard InChI is InChI=1S/C14H17ClFN3/c1-8(17-4)12-7-11(16)5-6-13(12)19-10(3)14(15)9(2)18-19/h5-8,17H,1-4H3. The molecule has 102 valence electrons. The molecular weight excluding hydrogens is 265 g/mol. The highest BCUT2D eigenvalue weighted by atomic mass is 35.5. The van der Waals surface area contributed by atoms with Crippen molar-refractivity contribution in [3.8, 4) is 5.69 Å². The molecule has 0 bridgehead atoms. The molecular formula is C14H17ClFN3. The summed E-state index contributed by atoms with van der Waals surface area (Å²) in [5.41, 5.74) is 3.32. The maximum atomic E-state index is 13.5. The maximum Gasteiger partial charge on any atom is 0.123 e. The highest BCUT2D eigenvalue weighted by Crippen LogP contribution is 2.27. The van der Waals surface area contributed by atoms with Gasteiger partial charge < -0.3 is 5.32 Å². The van der Waals surface area contributed by atoms with Crippen molar-refractivity contribution >= 4 is 11.6 Å². The Morgan fingerprint density at radius 2 is 2.05 bits per heavy atom. The monoisotopic (exact) mass is 281 g/mol. The van der Waals surface area contributed by atoms with Crippen molar-refractivity contribution in [1.82, 2.24) is 15.1 Å². The first-order chi connectivity index (χ1) is 8.95. The molecule has 2 aromatic rings. The van der Waals surface area contributed by atoms with Gasteiger partial charge in [0.15, 0.2) is 0 Å². The molecule has 0 saturated heterocycles. The molecule has 1 unspecified atom stereocenters. The van der Waals surface area contributed by atoms with Crippen LogP contribution in [0.15, 0.2) is 18.2 Å². The lowest BCUT2D eigenvalue weighted by atomic mass is 10.1. The van der Waals surface area contributed by atoms with E-state index in [0.717, 1.165) is 22.6 Å². The van der Waals surface area contributed by atoms with Crippen LogP contribution >= 0.6 is 11.6 Å². The molecule has 0 fully saturated rings. The second-order valence-electron chi connectivity index (χ2n) is 4.61. The van der Waals surface area contributed by atoms with Gasteiger partial charge in [0.2, 0.25) is 0 Å². The van der Waals surface area contributed by atoms with E-state index in [2.05, 4.69) is 10.4 Å². The quantitative estimate of drug-likeness (QED) is 0.932. The van der Waals surface area contributed by atoms with Crippen LogP contribution in [0.25, 0.3) is 5.69 Å². The molecule has 0 aliphatic heterocycles. The third kappa shape index (κ3) is 2.51. The first-order valence-corrected chi connectivity index (χ1v) is 6.52. The Bertz CT molecular complexity index is 607. The SMILES string of the molecule is CNC(C)c1cc(F)ccc1-n1nc(C)c(Cl)c1C. The third-order valence-corrected chi connectivity index (χ3v) is 3.87. The van der Waals surface area contributed by atoms with Gasteiger partial charge in [0.1, 0.15) is 5.82 Å². The van der Waals surface area contributed by atoms with Crippen molar-refractivity contribution in [2.24, 2.45) is 0 Å². The van der Waals surface area contributed by atoms with Crippen molar-refractivity contribution in [1.29, 1.82) is 0 Å². The van der Waals surface area contributed by atoms with Gasteiger partial charge >= 0.3 is 0 Å². The fourth-order valence-corrected chi connectivity index (χ4v) is 2.20. The lowest BCUT2D eigenvalue weighted by molar-refractivity contribution is 0.603. The van der Waals surface area contributed by atoms with Crippen molar-refractivity contribution < 1.29 is 4.39 Å². The Morgan fingerprint density at radius 1 is 1.37 bits per heavy atom. The lowest BCUT2D eigenvalue weighted by Crippen LogP contribution is -2.16. The molecule has 1 aromatic heterocycles. The molecule has 0 radical (unpaired) electrons. The summed E-state index contributed by atoms with van der Waals surface area (Å²) < 4.78 is 15.2. The Morgan fingerprint density at radius 3 is 2.58 bits per heavy atom. The van der Waals surface area contributed by atoms with Crippen LogP contribution in [-0.2, 0) is 0 Å². The van der Waals surface area contributed by atoms with Gasteiger partial charge in [0.25, 0.3) is 0 Å². The minimum absolute atomic E-state index is 0.0216. The second kappa shape index (κ2) is 5.31. The van der Waals surface area contributed by atoms with Crippen LogP contribution in [0.2, 0.25) is 5.02 Å². The molecule has 2 rings (SSSR count). The minimum Gasteiger partial charge on any atom is -0.313 e. The minimum atomic E-state index is -0.256. The molecule has 5 heteroatoms. The zero-order valence-electron chi connectivity index (χ0n) is 11.5. The first kappa shape index (κ1) is 14.0. The molecule has 0 aliphatic rings. The smallest absolute Gasteiger partial charge is 0.123 e. The zero-order chi connectivity index (χ0) is 14.2. The van der Waals surface area contributed by atoms with E-state index in [1.807, 2.05) is 27.8 Å². The number of halogens is 2. The zero-order valence-corrected chi connectivity index (χ0v) is 12.2. The normalized spacial score (nSPS) is 12.7. The van der Waals surface area contributed by atoms with Crippen molar-refractivity contribution in [2.75, 3.05) is 7.05 Å². The van der Waals surface area contributed by atoms with E-state index >= 15 is 0 Å². The number of rotatable bonds is 3. The number of aromatic nitrogens is 2. The Hall–Kier alpha value is -1.39. The van der Waals surface area contributed by atoms with E-state index in [1.165, 1.54) is 12.1 Å². The largest absolute Gasteiger partial charge is 0.313 e. The van der Waals surface area contributed by atoms with Gasteiger partial charge in [-0.1, -0.05) is 11.6 Å². The Labute approximate surface area is 117 Å². The van der Waals surface area contributed by atoms with Crippen LogP contribution in [0, 0.1) is 19.7 Å². The van der Waals surface area contributed by atoms with Crippen molar-refractivity contribution in [3.05, 3.63) is 46.0 Å². The Kier molecular flexibility index (Phi) is 3.92. The van der Waals surface area contributed by atoms with Crippen LogP contribution in [0.5, 0.6) is 0 Å².